The minimum absolute atomic E-state index is 0.408. The fourth-order valence-corrected chi connectivity index (χ4v) is 2.64. The van der Waals surface area contributed by atoms with Gasteiger partial charge in [-0.25, -0.2) is 0 Å². The molecule has 0 saturated carbocycles. The van der Waals surface area contributed by atoms with Crippen molar-refractivity contribution >= 4 is 11.3 Å². The first-order valence-corrected chi connectivity index (χ1v) is 5.05. The van der Waals surface area contributed by atoms with Crippen molar-refractivity contribution < 1.29 is 0 Å². The molecule has 0 aromatic carbocycles. The quantitative estimate of drug-likeness (QED) is 0.587. The fraction of sp³-hybridized carbons (Fsp3) is 0.556. The van der Waals surface area contributed by atoms with E-state index in [2.05, 4.69) is 11.4 Å². The van der Waals surface area contributed by atoms with Crippen molar-refractivity contribution in [3.63, 3.8) is 0 Å². The van der Waals surface area contributed by atoms with Crippen LogP contribution in [0.1, 0.15) is 23.3 Å². The second-order valence-electron chi connectivity index (χ2n) is 3.23. The van der Waals surface area contributed by atoms with Gasteiger partial charge in [0.1, 0.15) is 0 Å². The SMILES string of the molecule is NC1CCCc2sccc2C1. The number of rotatable bonds is 0. The van der Waals surface area contributed by atoms with Crippen LogP contribution < -0.4 is 5.73 Å². The van der Waals surface area contributed by atoms with E-state index < -0.39 is 0 Å². The molecule has 60 valence electrons. The normalized spacial score (nSPS) is 24.3. The molecule has 0 saturated heterocycles. The first-order chi connectivity index (χ1) is 5.36. The largest absolute Gasteiger partial charge is 0.327 e. The second kappa shape index (κ2) is 2.95. The van der Waals surface area contributed by atoms with Crippen molar-refractivity contribution in [2.24, 2.45) is 5.73 Å². The first-order valence-electron chi connectivity index (χ1n) is 4.17. The van der Waals surface area contributed by atoms with E-state index in [4.69, 9.17) is 5.73 Å². The van der Waals surface area contributed by atoms with Crippen molar-refractivity contribution in [3.05, 3.63) is 21.9 Å². The van der Waals surface area contributed by atoms with E-state index in [9.17, 15) is 0 Å². The molecule has 0 amide bonds. The molecule has 0 bridgehead atoms. The number of thiophene rings is 1. The van der Waals surface area contributed by atoms with Crippen LogP contribution in [0.25, 0.3) is 0 Å². The highest BCUT2D eigenvalue weighted by atomic mass is 32.1. The Hall–Kier alpha value is -0.340. The maximum Gasteiger partial charge on any atom is 0.00798 e. The zero-order valence-electron chi connectivity index (χ0n) is 6.55. The van der Waals surface area contributed by atoms with Crippen LogP contribution in [0, 0.1) is 0 Å². The summed E-state index contributed by atoms with van der Waals surface area (Å²) in [5.41, 5.74) is 7.41. The van der Waals surface area contributed by atoms with Crippen LogP contribution in [-0.4, -0.2) is 6.04 Å². The molecule has 0 spiro atoms. The molecule has 0 radical (unpaired) electrons. The minimum atomic E-state index is 0.408. The monoisotopic (exact) mass is 167 g/mol. The van der Waals surface area contributed by atoms with E-state index in [0.29, 0.717) is 6.04 Å². The lowest BCUT2D eigenvalue weighted by molar-refractivity contribution is 0.603. The average molecular weight is 167 g/mol. The van der Waals surface area contributed by atoms with Gasteiger partial charge in [0.05, 0.1) is 0 Å². The molecule has 2 heteroatoms. The molecule has 0 aliphatic heterocycles. The van der Waals surface area contributed by atoms with Gasteiger partial charge in [-0.2, -0.15) is 0 Å². The molecule has 11 heavy (non-hydrogen) atoms. The molecule has 1 heterocycles. The number of nitrogens with two attached hydrogens (primary N) is 1. The predicted octanol–water partition coefficient (Wildman–Crippen LogP) is 1.95. The van der Waals surface area contributed by atoms with Gasteiger partial charge < -0.3 is 5.73 Å². The third-order valence-corrected chi connectivity index (χ3v) is 3.32. The molecule has 2 rings (SSSR count). The van der Waals surface area contributed by atoms with Gasteiger partial charge in [-0.15, -0.1) is 11.3 Å². The summed E-state index contributed by atoms with van der Waals surface area (Å²) >= 11 is 1.89. The van der Waals surface area contributed by atoms with Crippen LogP contribution in [0.5, 0.6) is 0 Å². The van der Waals surface area contributed by atoms with Gasteiger partial charge in [0.2, 0.25) is 0 Å². The smallest absolute Gasteiger partial charge is 0.00798 e. The second-order valence-corrected chi connectivity index (χ2v) is 4.23. The molecule has 1 aliphatic rings. The molecule has 1 atom stereocenters. The molecule has 2 N–H and O–H groups in total. The summed E-state index contributed by atoms with van der Waals surface area (Å²) in [6, 6.07) is 2.64. The molecule has 1 nitrogen and oxygen atoms in total. The molecule has 1 aliphatic carbocycles. The van der Waals surface area contributed by atoms with Crippen molar-refractivity contribution in [3.8, 4) is 0 Å². The Morgan fingerprint density at radius 1 is 1.55 bits per heavy atom. The molecule has 1 aromatic heterocycles. The van der Waals surface area contributed by atoms with Gasteiger partial charge in [0.15, 0.2) is 0 Å². The summed E-state index contributed by atoms with van der Waals surface area (Å²) in [6.07, 6.45) is 4.82. The maximum absolute atomic E-state index is 5.91. The molecular weight excluding hydrogens is 154 g/mol. The highest BCUT2D eigenvalue weighted by Gasteiger charge is 2.13. The average Bonchev–Trinajstić information content (AvgIpc) is 2.31. The molecule has 1 unspecified atom stereocenters. The van der Waals surface area contributed by atoms with Crippen LogP contribution in [0.4, 0.5) is 0 Å². The number of hydrogen-bond acceptors (Lipinski definition) is 2. The van der Waals surface area contributed by atoms with Crippen LogP contribution in [0.15, 0.2) is 11.4 Å². The van der Waals surface area contributed by atoms with Gasteiger partial charge >= 0.3 is 0 Å². The summed E-state index contributed by atoms with van der Waals surface area (Å²) in [7, 11) is 0. The lowest BCUT2D eigenvalue weighted by atomic mass is 10.1. The lowest BCUT2D eigenvalue weighted by Gasteiger charge is -2.04. The van der Waals surface area contributed by atoms with Gasteiger partial charge in [-0.3, -0.25) is 0 Å². The van der Waals surface area contributed by atoms with E-state index in [-0.39, 0.29) is 0 Å². The lowest BCUT2D eigenvalue weighted by Crippen LogP contribution is -2.21. The maximum atomic E-state index is 5.91. The van der Waals surface area contributed by atoms with Crippen LogP contribution in [0.2, 0.25) is 0 Å². The van der Waals surface area contributed by atoms with Crippen LogP contribution >= 0.6 is 11.3 Å². The van der Waals surface area contributed by atoms with Crippen molar-refractivity contribution in [2.45, 2.75) is 31.7 Å². The van der Waals surface area contributed by atoms with E-state index in [1.165, 1.54) is 24.8 Å². The Morgan fingerprint density at radius 2 is 2.45 bits per heavy atom. The van der Waals surface area contributed by atoms with E-state index in [0.717, 1.165) is 6.42 Å². The van der Waals surface area contributed by atoms with Gasteiger partial charge in [-0.1, -0.05) is 0 Å². The number of fused-ring (bicyclic) bond motifs is 1. The molecule has 0 fully saturated rings. The van der Waals surface area contributed by atoms with Crippen LogP contribution in [0.3, 0.4) is 0 Å². The minimum Gasteiger partial charge on any atom is -0.327 e. The van der Waals surface area contributed by atoms with Crippen LogP contribution in [-0.2, 0) is 12.8 Å². The van der Waals surface area contributed by atoms with E-state index in [1.807, 2.05) is 11.3 Å². The number of hydrogen-bond donors (Lipinski definition) is 1. The fourth-order valence-electron chi connectivity index (χ4n) is 1.68. The van der Waals surface area contributed by atoms with Gasteiger partial charge in [0.25, 0.3) is 0 Å². The Bertz CT molecular complexity index is 241. The van der Waals surface area contributed by atoms with Gasteiger partial charge in [-0.05, 0) is 42.7 Å². The standard InChI is InChI=1S/C9H13NS/c10-8-2-1-3-9-7(6-8)4-5-11-9/h4-5,8H,1-3,6,10H2. The highest BCUT2D eigenvalue weighted by molar-refractivity contribution is 7.10. The Morgan fingerprint density at radius 3 is 3.36 bits per heavy atom. The third kappa shape index (κ3) is 1.47. The Kier molecular flexibility index (Phi) is 1.96. The summed E-state index contributed by atoms with van der Waals surface area (Å²) in [5.74, 6) is 0. The van der Waals surface area contributed by atoms with Gasteiger partial charge in [0, 0.05) is 10.9 Å². The predicted molar refractivity (Wildman–Crippen MR) is 48.9 cm³/mol. The number of aryl methyl sites for hydroxylation is 1. The molecular formula is C9H13NS. The van der Waals surface area contributed by atoms with Crippen molar-refractivity contribution in [1.82, 2.24) is 0 Å². The summed E-state index contributed by atoms with van der Waals surface area (Å²) in [5, 5.41) is 2.18. The topological polar surface area (TPSA) is 26.0 Å². The summed E-state index contributed by atoms with van der Waals surface area (Å²) in [4.78, 5) is 1.57. The first kappa shape index (κ1) is 7.32. The molecule has 1 aromatic rings. The third-order valence-electron chi connectivity index (χ3n) is 2.30. The highest BCUT2D eigenvalue weighted by Crippen LogP contribution is 2.24. The zero-order chi connectivity index (χ0) is 7.68. The summed E-state index contributed by atoms with van der Waals surface area (Å²) < 4.78 is 0. The van der Waals surface area contributed by atoms with E-state index >= 15 is 0 Å². The Labute approximate surface area is 71.2 Å². The van der Waals surface area contributed by atoms with Crippen molar-refractivity contribution in [1.29, 1.82) is 0 Å². The van der Waals surface area contributed by atoms with Crippen molar-refractivity contribution in [2.75, 3.05) is 0 Å². The summed E-state index contributed by atoms with van der Waals surface area (Å²) in [6.45, 7) is 0. The Balaban J connectivity index is 2.26. The van der Waals surface area contributed by atoms with E-state index in [1.54, 1.807) is 4.88 Å². The zero-order valence-corrected chi connectivity index (χ0v) is 7.36.